The molecule has 1 fully saturated rings. The molecule has 2 rings (SSSR count). The summed E-state index contributed by atoms with van der Waals surface area (Å²) in [7, 11) is 0. The smallest absolute Gasteiger partial charge is 0 e. The molecule has 1 saturated carbocycles. The predicted octanol–water partition coefficient (Wildman–Crippen LogP) is 4.32. The number of hydrogen-bond acceptors (Lipinski definition) is 0. The minimum absolute atomic E-state index is 0. The van der Waals surface area contributed by atoms with E-state index in [-0.39, 0.29) is 80.3 Å². The topological polar surface area (TPSA) is 0 Å². The third-order valence-electron chi connectivity index (χ3n) is 2.87. The van der Waals surface area contributed by atoms with Crippen molar-refractivity contribution in [2.75, 3.05) is 0 Å². The van der Waals surface area contributed by atoms with Gasteiger partial charge in [0.1, 0.15) is 0 Å². The number of benzene rings is 1. The molecule has 1 aliphatic rings. The van der Waals surface area contributed by atoms with Crippen LogP contribution in [0.4, 0.5) is 0 Å². The van der Waals surface area contributed by atoms with Crippen LogP contribution in [0.25, 0.3) is 0 Å². The zero-order valence-corrected chi connectivity index (χ0v) is 16.8. The molecule has 0 aromatic heterocycles. The standard InChI is InChI=1S/C13H16.2CH3.2Y/c1-3-7-12(8-4-1)11-13-9-5-2-6-10-13;;;;/h1,5-6,9-10,12H,3-4,7-8,11H2;2*1H3;;/q-2;2*-1;;. The van der Waals surface area contributed by atoms with Gasteiger partial charge < -0.3 is 21.3 Å². The van der Waals surface area contributed by atoms with Crippen molar-refractivity contribution >= 4 is 0 Å². The van der Waals surface area contributed by atoms with Crippen LogP contribution in [0.3, 0.4) is 0 Å². The Morgan fingerprint density at radius 3 is 2.12 bits per heavy atom. The van der Waals surface area contributed by atoms with Gasteiger partial charge in [0.2, 0.25) is 0 Å². The Balaban J connectivity index is -0.000000490. The summed E-state index contributed by atoms with van der Waals surface area (Å²) in [5.74, 6) is 0.924. The summed E-state index contributed by atoms with van der Waals surface area (Å²) in [6.45, 7) is 0. The molecule has 0 saturated heterocycles. The first-order valence-electron chi connectivity index (χ1n) is 5.22. The Hall–Kier alpha value is 1.43. The average molecular weight is 380 g/mol. The largest absolute Gasteiger partial charge is 0.358 e. The van der Waals surface area contributed by atoms with Gasteiger partial charge in [0.05, 0.1) is 0 Å². The molecule has 1 aliphatic carbocycles. The Morgan fingerprint density at radius 2 is 1.59 bits per heavy atom. The molecule has 0 amide bonds. The second kappa shape index (κ2) is 13.9. The van der Waals surface area contributed by atoms with E-state index in [4.69, 9.17) is 0 Å². The van der Waals surface area contributed by atoms with Gasteiger partial charge in [0, 0.05) is 65.4 Å². The third kappa shape index (κ3) is 9.03. The van der Waals surface area contributed by atoms with Crippen LogP contribution in [0, 0.1) is 33.3 Å². The molecule has 1 aromatic carbocycles. The SMILES string of the molecule is [CH3-].[CH3-].[Y].[Y].[c-]1ccc(CC2CC[CH-]CC2)cc1. The molecular weight excluding hydrogens is 358 g/mol. The summed E-state index contributed by atoms with van der Waals surface area (Å²) in [6.07, 6.45) is 9.11. The van der Waals surface area contributed by atoms with E-state index in [1.807, 2.05) is 12.1 Å². The van der Waals surface area contributed by atoms with E-state index < -0.39 is 0 Å². The van der Waals surface area contributed by atoms with Gasteiger partial charge >= 0.3 is 0 Å². The maximum atomic E-state index is 3.06. The molecule has 0 atom stereocenters. The fourth-order valence-corrected chi connectivity index (χ4v) is 2.09. The summed E-state index contributed by atoms with van der Waals surface area (Å²) in [6, 6.07) is 11.5. The quantitative estimate of drug-likeness (QED) is 0.671. The predicted molar refractivity (Wildman–Crippen MR) is 68.1 cm³/mol. The molecular formula is C15H22Y2-4. The van der Waals surface area contributed by atoms with Crippen molar-refractivity contribution in [3.8, 4) is 0 Å². The zero-order chi connectivity index (χ0) is 8.93. The summed E-state index contributed by atoms with van der Waals surface area (Å²) in [5.41, 5.74) is 1.48. The van der Waals surface area contributed by atoms with Gasteiger partial charge in [0.25, 0.3) is 0 Å². The van der Waals surface area contributed by atoms with Crippen molar-refractivity contribution in [1.29, 1.82) is 0 Å². The number of rotatable bonds is 2. The number of hydrogen-bond donors (Lipinski definition) is 0. The van der Waals surface area contributed by atoms with Gasteiger partial charge in [-0.05, 0) is 12.3 Å². The van der Waals surface area contributed by atoms with E-state index >= 15 is 0 Å². The van der Waals surface area contributed by atoms with Gasteiger partial charge in [0.15, 0.2) is 0 Å². The molecule has 0 nitrogen and oxygen atoms in total. The van der Waals surface area contributed by atoms with Gasteiger partial charge in [-0.2, -0.15) is 48.7 Å². The fraction of sp³-hybridized carbons (Fsp3) is 0.400. The summed E-state index contributed by atoms with van der Waals surface area (Å²) < 4.78 is 0. The first-order valence-corrected chi connectivity index (χ1v) is 5.22. The first kappa shape index (κ1) is 23.5. The van der Waals surface area contributed by atoms with Gasteiger partial charge in [-0.3, -0.25) is 0 Å². The van der Waals surface area contributed by atoms with E-state index in [1.54, 1.807) is 0 Å². The van der Waals surface area contributed by atoms with Crippen LogP contribution in [-0.2, 0) is 71.8 Å². The fourth-order valence-electron chi connectivity index (χ4n) is 2.09. The molecule has 0 heterocycles. The van der Waals surface area contributed by atoms with E-state index in [9.17, 15) is 0 Å². The van der Waals surface area contributed by atoms with Crippen LogP contribution in [-0.4, -0.2) is 0 Å². The summed E-state index contributed by atoms with van der Waals surface area (Å²) in [4.78, 5) is 0. The maximum Gasteiger partial charge on any atom is 0 e. The van der Waals surface area contributed by atoms with E-state index in [0.29, 0.717) is 0 Å². The van der Waals surface area contributed by atoms with E-state index in [2.05, 4.69) is 24.6 Å². The molecule has 0 N–H and O–H groups in total. The molecule has 0 spiro atoms. The Bertz CT molecular complexity index is 240. The van der Waals surface area contributed by atoms with E-state index in [0.717, 1.165) is 5.92 Å². The Kier molecular flexibility index (Phi) is 19.2. The molecule has 2 heteroatoms. The van der Waals surface area contributed by atoms with Crippen molar-refractivity contribution in [3.63, 3.8) is 0 Å². The van der Waals surface area contributed by atoms with Gasteiger partial charge in [-0.15, -0.1) is 0 Å². The molecule has 0 aliphatic heterocycles. The van der Waals surface area contributed by atoms with Crippen molar-refractivity contribution in [2.24, 2.45) is 5.92 Å². The Labute approximate surface area is 158 Å². The average Bonchev–Trinajstić information content (AvgIpc) is 2.21. The van der Waals surface area contributed by atoms with Crippen molar-refractivity contribution in [3.05, 3.63) is 57.2 Å². The van der Waals surface area contributed by atoms with Crippen LogP contribution in [0.1, 0.15) is 31.2 Å². The van der Waals surface area contributed by atoms with Crippen LogP contribution in [0.5, 0.6) is 0 Å². The summed E-state index contributed by atoms with van der Waals surface area (Å²) in [5, 5.41) is 0. The second-order valence-corrected chi connectivity index (χ2v) is 3.92. The molecule has 2 radical (unpaired) electrons. The molecule has 0 bridgehead atoms. The van der Waals surface area contributed by atoms with Crippen molar-refractivity contribution < 1.29 is 65.4 Å². The first-order chi connectivity index (χ1) is 6.45. The van der Waals surface area contributed by atoms with Crippen LogP contribution < -0.4 is 0 Å². The van der Waals surface area contributed by atoms with Gasteiger partial charge in [-0.25, -0.2) is 0 Å². The van der Waals surface area contributed by atoms with Crippen LogP contribution >= 0.6 is 0 Å². The molecule has 0 unspecified atom stereocenters. The second-order valence-electron chi connectivity index (χ2n) is 3.92. The molecule has 92 valence electrons. The van der Waals surface area contributed by atoms with Crippen LogP contribution in [0.2, 0.25) is 0 Å². The monoisotopic (exact) mass is 380 g/mol. The molecule has 1 aromatic rings. The maximum absolute atomic E-state index is 3.06. The van der Waals surface area contributed by atoms with E-state index in [1.165, 1.54) is 37.7 Å². The Morgan fingerprint density at radius 1 is 1.06 bits per heavy atom. The normalized spacial score (nSPS) is 14.4. The molecule has 17 heavy (non-hydrogen) atoms. The minimum atomic E-state index is 0. The third-order valence-corrected chi connectivity index (χ3v) is 2.87. The minimum Gasteiger partial charge on any atom is -0.358 e. The summed E-state index contributed by atoms with van der Waals surface area (Å²) >= 11 is 0. The van der Waals surface area contributed by atoms with Crippen molar-refractivity contribution in [2.45, 2.75) is 32.1 Å². The van der Waals surface area contributed by atoms with Crippen LogP contribution in [0.15, 0.2) is 24.3 Å². The van der Waals surface area contributed by atoms with Crippen molar-refractivity contribution in [1.82, 2.24) is 0 Å². The van der Waals surface area contributed by atoms with Gasteiger partial charge in [-0.1, -0.05) is 12.8 Å². The zero-order valence-electron chi connectivity index (χ0n) is 11.2.